The van der Waals surface area contributed by atoms with Gasteiger partial charge in [0.2, 0.25) is 0 Å². The fourth-order valence-electron chi connectivity index (χ4n) is 7.36. The fraction of sp³-hybridized carbons (Fsp3) is 0.594. The highest BCUT2D eigenvalue weighted by Gasteiger charge is 2.45. The number of carbonyl (C=O) groups is 1. The average Bonchev–Trinajstić information content (AvgIpc) is 3.07. The second-order valence-corrected chi connectivity index (χ2v) is 12.8. The molecule has 6 atom stereocenters. The first kappa shape index (κ1) is 27.8. The number of benzene rings is 2. The minimum atomic E-state index is -0.931. The van der Waals surface area contributed by atoms with Gasteiger partial charge in [-0.25, -0.2) is 4.79 Å². The van der Waals surface area contributed by atoms with Crippen LogP contribution in [-0.4, -0.2) is 67.4 Å². The average molecular weight is 570 g/mol. The number of fused-ring (bicyclic) bond motifs is 3. The zero-order valence-electron chi connectivity index (χ0n) is 23.2. The minimum absolute atomic E-state index is 0.119. The van der Waals surface area contributed by atoms with Gasteiger partial charge in [0.1, 0.15) is 5.75 Å². The Morgan fingerprint density at radius 3 is 2.88 bits per heavy atom. The number of halogens is 1. The van der Waals surface area contributed by atoms with E-state index in [9.17, 15) is 15.0 Å². The second kappa shape index (κ2) is 11.5. The Morgan fingerprint density at radius 2 is 2.10 bits per heavy atom. The summed E-state index contributed by atoms with van der Waals surface area (Å²) in [5.41, 5.74) is 3.54. The zero-order chi connectivity index (χ0) is 27.9. The van der Waals surface area contributed by atoms with Crippen LogP contribution in [0.1, 0.15) is 66.9 Å². The molecular formula is C32H40ClNO6. The van der Waals surface area contributed by atoms with E-state index in [4.69, 9.17) is 25.8 Å². The summed E-state index contributed by atoms with van der Waals surface area (Å²) < 4.78 is 18.7. The van der Waals surface area contributed by atoms with Crippen molar-refractivity contribution in [2.45, 2.75) is 75.6 Å². The zero-order valence-corrected chi connectivity index (χ0v) is 23.9. The molecule has 2 heterocycles. The lowest BCUT2D eigenvalue weighted by Crippen LogP contribution is -2.51. The maximum atomic E-state index is 11.9. The van der Waals surface area contributed by atoms with E-state index in [0.717, 1.165) is 74.5 Å². The largest absolute Gasteiger partial charge is 0.490 e. The molecule has 8 heteroatoms. The van der Waals surface area contributed by atoms with Gasteiger partial charge in [0.25, 0.3) is 0 Å². The minimum Gasteiger partial charge on any atom is -0.490 e. The van der Waals surface area contributed by atoms with E-state index >= 15 is 0 Å². The molecule has 2 aromatic carbocycles. The fourth-order valence-corrected chi connectivity index (χ4v) is 7.56. The molecule has 4 aliphatic rings. The molecule has 2 fully saturated rings. The summed E-state index contributed by atoms with van der Waals surface area (Å²) in [6.07, 6.45) is 6.85. The first-order valence-electron chi connectivity index (χ1n) is 14.8. The number of hydrogen-bond donors (Lipinski definition) is 2. The van der Waals surface area contributed by atoms with Crippen LogP contribution in [0.2, 0.25) is 5.02 Å². The van der Waals surface area contributed by atoms with Crippen LogP contribution in [0.4, 0.5) is 5.69 Å². The number of rotatable bonds is 7. The van der Waals surface area contributed by atoms with Crippen LogP contribution in [0.15, 0.2) is 36.4 Å². The number of aromatic carboxylic acids is 1. The Morgan fingerprint density at radius 1 is 1.23 bits per heavy atom. The summed E-state index contributed by atoms with van der Waals surface area (Å²) >= 11 is 6.38. The molecule has 1 unspecified atom stereocenters. The van der Waals surface area contributed by atoms with Gasteiger partial charge in [0, 0.05) is 36.6 Å². The van der Waals surface area contributed by atoms with Crippen molar-refractivity contribution in [3.63, 3.8) is 0 Å². The molecule has 0 radical (unpaired) electrons. The molecule has 0 amide bonds. The molecule has 0 aromatic heterocycles. The lowest BCUT2D eigenvalue weighted by atomic mass is 9.67. The van der Waals surface area contributed by atoms with Gasteiger partial charge in [-0.15, -0.1) is 0 Å². The molecule has 216 valence electrons. The predicted molar refractivity (Wildman–Crippen MR) is 154 cm³/mol. The van der Waals surface area contributed by atoms with Crippen LogP contribution < -0.4 is 9.64 Å². The highest BCUT2D eigenvalue weighted by molar-refractivity contribution is 6.30. The third-order valence-corrected chi connectivity index (χ3v) is 9.77. The molecule has 6 rings (SSSR count). The van der Waals surface area contributed by atoms with Crippen molar-refractivity contribution >= 4 is 23.3 Å². The van der Waals surface area contributed by atoms with E-state index in [0.29, 0.717) is 31.7 Å². The number of anilines is 1. The van der Waals surface area contributed by atoms with Gasteiger partial charge >= 0.3 is 5.97 Å². The highest BCUT2D eigenvalue weighted by atomic mass is 35.5. The highest BCUT2D eigenvalue weighted by Crippen LogP contribution is 2.47. The molecule has 1 spiro atoms. The Bertz CT molecular complexity index is 1240. The quantitative estimate of drug-likeness (QED) is 0.456. The van der Waals surface area contributed by atoms with E-state index in [2.05, 4.69) is 17.0 Å². The maximum Gasteiger partial charge on any atom is 0.335 e. The Kier molecular flexibility index (Phi) is 8.01. The molecule has 0 bridgehead atoms. The van der Waals surface area contributed by atoms with E-state index in [-0.39, 0.29) is 23.2 Å². The Hall–Kier alpha value is -2.32. The van der Waals surface area contributed by atoms with E-state index in [1.165, 1.54) is 11.1 Å². The number of nitrogens with zero attached hydrogens (tertiary/aromatic N) is 1. The summed E-state index contributed by atoms with van der Waals surface area (Å²) in [6.45, 7) is 4.95. The van der Waals surface area contributed by atoms with Crippen molar-refractivity contribution in [1.82, 2.24) is 0 Å². The summed E-state index contributed by atoms with van der Waals surface area (Å²) in [7, 11) is 0. The summed E-state index contributed by atoms with van der Waals surface area (Å²) in [5, 5.41) is 20.2. The molecule has 40 heavy (non-hydrogen) atoms. The lowest BCUT2D eigenvalue weighted by molar-refractivity contribution is -0.124. The first-order chi connectivity index (χ1) is 19.3. The predicted octanol–water partition coefficient (Wildman–Crippen LogP) is 5.48. The SMILES string of the molecule is C[C@@H](O)CO[C@H]1CCO[C@@H]([C@@H]2CC[C@H]2CN2CC3(CCCc4cc(Cl)ccc43)COc3ccc(C(=O)O)cc32)C1. The van der Waals surface area contributed by atoms with Gasteiger partial charge in [-0.05, 0) is 98.7 Å². The van der Waals surface area contributed by atoms with Gasteiger partial charge in [0.15, 0.2) is 0 Å². The van der Waals surface area contributed by atoms with Crippen LogP contribution in [0.25, 0.3) is 0 Å². The molecule has 1 saturated heterocycles. The second-order valence-electron chi connectivity index (χ2n) is 12.3. The van der Waals surface area contributed by atoms with Crippen LogP contribution in [0, 0.1) is 11.8 Å². The molecular weight excluding hydrogens is 530 g/mol. The van der Waals surface area contributed by atoms with Gasteiger partial charge in [-0.3, -0.25) is 0 Å². The summed E-state index contributed by atoms with van der Waals surface area (Å²) in [5.74, 6) is 0.686. The van der Waals surface area contributed by atoms with Crippen molar-refractivity contribution in [2.24, 2.45) is 11.8 Å². The number of aryl methyl sites for hydroxylation is 1. The number of carboxylic acids is 1. The lowest BCUT2D eigenvalue weighted by Gasteiger charge is -2.47. The molecule has 2 N–H and O–H groups in total. The van der Waals surface area contributed by atoms with E-state index in [1.807, 2.05) is 12.1 Å². The maximum absolute atomic E-state index is 11.9. The molecule has 1 saturated carbocycles. The van der Waals surface area contributed by atoms with Crippen molar-refractivity contribution in [2.75, 3.05) is 37.8 Å². The van der Waals surface area contributed by atoms with Crippen molar-refractivity contribution in [1.29, 1.82) is 0 Å². The van der Waals surface area contributed by atoms with Crippen LogP contribution in [0.5, 0.6) is 5.75 Å². The molecule has 2 aliphatic heterocycles. The van der Waals surface area contributed by atoms with Crippen molar-refractivity contribution in [3.05, 3.63) is 58.1 Å². The number of ether oxygens (including phenoxy) is 3. The summed E-state index contributed by atoms with van der Waals surface area (Å²) in [6, 6.07) is 11.5. The number of carboxylic acid groups (broad SMARTS) is 1. The monoisotopic (exact) mass is 569 g/mol. The third kappa shape index (κ3) is 5.58. The number of aliphatic hydroxyl groups is 1. The van der Waals surface area contributed by atoms with E-state index in [1.54, 1.807) is 19.1 Å². The molecule has 2 aromatic rings. The van der Waals surface area contributed by atoms with Crippen LogP contribution in [0.3, 0.4) is 0 Å². The van der Waals surface area contributed by atoms with Crippen molar-refractivity contribution < 1.29 is 29.2 Å². The van der Waals surface area contributed by atoms with Crippen LogP contribution in [-0.2, 0) is 21.3 Å². The van der Waals surface area contributed by atoms with Gasteiger partial charge in [-0.2, -0.15) is 0 Å². The molecule has 7 nitrogen and oxygen atoms in total. The normalized spacial score (nSPS) is 30.4. The standard InChI is InChI=1S/C32H40ClNO6/c1-20(35)17-39-25-10-12-38-30(15-25)26-7-4-23(26)16-34-18-32(11-2-3-21-13-24(33)6-8-27(21)32)19-40-29-9-5-22(31(36)37)14-28(29)34/h5-6,8-9,13-14,20,23,25-26,30,35H,2-4,7,10-12,15-19H2,1H3,(H,36,37)/t20-,23+,25+,26-,30-,32?/m1/s1. The van der Waals surface area contributed by atoms with Crippen molar-refractivity contribution in [3.8, 4) is 5.75 Å². The smallest absolute Gasteiger partial charge is 0.335 e. The Labute approximate surface area is 241 Å². The number of aliphatic hydroxyl groups excluding tert-OH is 1. The van der Waals surface area contributed by atoms with Crippen LogP contribution >= 0.6 is 11.6 Å². The topological polar surface area (TPSA) is 88.5 Å². The van der Waals surface area contributed by atoms with Gasteiger partial charge in [0.05, 0.1) is 42.8 Å². The third-order valence-electron chi connectivity index (χ3n) is 9.53. The number of hydrogen-bond acceptors (Lipinski definition) is 6. The molecule has 2 aliphatic carbocycles. The van der Waals surface area contributed by atoms with Gasteiger partial charge < -0.3 is 29.3 Å². The Balaban J connectivity index is 1.27. The summed E-state index contributed by atoms with van der Waals surface area (Å²) in [4.78, 5) is 14.3. The first-order valence-corrected chi connectivity index (χ1v) is 15.1. The van der Waals surface area contributed by atoms with E-state index < -0.39 is 12.1 Å². The van der Waals surface area contributed by atoms with Gasteiger partial charge in [-0.1, -0.05) is 17.7 Å².